The van der Waals surface area contributed by atoms with Crippen LogP contribution in [0, 0.1) is 0 Å². The molecule has 0 aliphatic heterocycles. The second-order valence-electron chi connectivity index (χ2n) is 7.51. The van der Waals surface area contributed by atoms with Crippen LogP contribution in [0.4, 0.5) is 0 Å². The summed E-state index contributed by atoms with van der Waals surface area (Å²) in [5.74, 6) is -0.714. The molecule has 8 heteroatoms. The van der Waals surface area contributed by atoms with Gasteiger partial charge in [0.15, 0.2) is 0 Å². The second kappa shape index (κ2) is 13.4. The fourth-order valence-electron chi connectivity index (χ4n) is 2.17. The summed E-state index contributed by atoms with van der Waals surface area (Å²) in [7, 11) is 2.98. The molecule has 0 aromatic heterocycles. The molecule has 1 aromatic rings. The number of esters is 1. The Hall–Kier alpha value is -2.74. The van der Waals surface area contributed by atoms with Crippen LogP contribution < -0.4 is 0 Å². The van der Waals surface area contributed by atoms with Crippen LogP contribution in [-0.4, -0.2) is 73.3 Å². The molecule has 0 atom stereocenters. The number of likely N-dealkylation sites (N-methyl/N-ethyl adjacent to an activating group) is 1. The molecule has 29 heavy (non-hydrogen) atoms. The Morgan fingerprint density at radius 2 is 1.62 bits per heavy atom. The number of ether oxygens (including phenoxy) is 2. The maximum atomic E-state index is 12.4. The zero-order chi connectivity index (χ0) is 22.4. The zero-order valence-corrected chi connectivity index (χ0v) is 18.1. The van der Waals surface area contributed by atoms with Gasteiger partial charge in [0.2, 0.25) is 5.91 Å². The molecule has 0 aliphatic rings. The Morgan fingerprint density at radius 1 is 1.03 bits per heavy atom. The number of rotatable bonds is 9. The van der Waals surface area contributed by atoms with Gasteiger partial charge in [-0.3, -0.25) is 24.1 Å². The number of methoxy groups -OCH3 is 1. The molecule has 0 N–H and O–H groups in total. The number of ketones is 1. The minimum atomic E-state index is -0.474. The zero-order valence-electron chi connectivity index (χ0n) is 18.1. The Morgan fingerprint density at radius 3 is 2.03 bits per heavy atom. The smallest absolute Gasteiger partial charge is 0.325 e. The lowest BCUT2D eigenvalue weighted by molar-refractivity contribution is -0.147. The van der Waals surface area contributed by atoms with E-state index in [0.717, 1.165) is 5.56 Å². The maximum absolute atomic E-state index is 12.4. The number of carbonyl (C=O) groups is 4. The van der Waals surface area contributed by atoms with E-state index in [0.29, 0.717) is 13.0 Å². The largest absolute Gasteiger partial charge is 0.468 e. The van der Waals surface area contributed by atoms with Crippen molar-refractivity contribution < 1.29 is 28.7 Å². The fourth-order valence-corrected chi connectivity index (χ4v) is 2.17. The van der Waals surface area contributed by atoms with Crippen molar-refractivity contribution in [2.24, 2.45) is 0 Å². The summed E-state index contributed by atoms with van der Waals surface area (Å²) >= 11 is 0. The molecule has 0 aliphatic carbocycles. The van der Waals surface area contributed by atoms with Crippen molar-refractivity contribution in [3.63, 3.8) is 0 Å². The predicted octanol–water partition coefficient (Wildman–Crippen LogP) is 1.67. The molecule has 8 nitrogen and oxygen atoms in total. The first-order chi connectivity index (χ1) is 13.5. The number of amides is 1. The lowest BCUT2D eigenvalue weighted by atomic mass is 10.2. The Bertz CT molecular complexity index is 655. The molecule has 0 saturated carbocycles. The lowest BCUT2D eigenvalue weighted by Crippen LogP contribution is -2.42. The minimum Gasteiger partial charge on any atom is -0.468 e. The van der Waals surface area contributed by atoms with E-state index in [4.69, 9.17) is 0 Å². The average molecular weight is 408 g/mol. The van der Waals surface area contributed by atoms with Gasteiger partial charge in [0.1, 0.15) is 17.9 Å². The third kappa shape index (κ3) is 14.0. The molecule has 1 aromatic carbocycles. The van der Waals surface area contributed by atoms with Crippen LogP contribution in [-0.2, 0) is 35.2 Å². The van der Waals surface area contributed by atoms with Gasteiger partial charge in [-0.2, -0.15) is 0 Å². The van der Waals surface area contributed by atoms with Gasteiger partial charge in [0.05, 0.1) is 20.2 Å². The summed E-state index contributed by atoms with van der Waals surface area (Å²) in [5.41, 5.74) is 0.607. The van der Waals surface area contributed by atoms with E-state index in [1.807, 2.05) is 51.1 Å². The molecular weight excluding hydrogens is 376 g/mol. The number of Topliss-reactive ketones (excluding diaryl/α,β-unsaturated/α-hetero) is 1. The molecule has 0 fully saturated rings. The van der Waals surface area contributed by atoms with Crippen LogP contribution in [0.1, 0.15) is 33.3 Å². The summed E-state index contributed by atoms with van der Waals surface area (Å²) in [6.07, 6.45) is 0. The van der Waals surface area contributed by atoms with Crippen LogP contribution in [0.25, 0.3) is 0 Å². The van der Waals surface area contributed by atoms with E-state index < -0.39 is 5.97 Å². The maximum Gasteiger partial charge on any atom is 0.325 e. The second-order valence-corrected chi connectivity index (χ2v) is 7.51. The van der Waals surface area contributed by atoms with Gasteiger partial charge in [0, 0.05) is 6.54 Å². The molecule has 1 amide bonds. The Labute approximate surface area is 172 Å². The predicted molar refractivity (Wildman–Crippen MR) is 109 cm³/mol. The minimum absolute atomic E-state index is 0.0159. The van der Waals surface area contributed by atoms with Crippen molar-refractivity contribution in [3.8, 4) is 0 Å². The van der Waals surface area contributed by atoms with Crippen molar-refractivity contribution in [3.05, 3.63) is 35.9 Å². The number of benzene rings is 1. The average Bonchev–Trinajstić information content (AvgIpc) is 2.60. The van der Waals surface area contributed by atoms with Gasteiger partial charge >= 0.3 is 5.97 Å². The van der Waals surface area contributed by atoms with Gasteiger partial charge in [-0.25, -0.2) is 0 Å². The molecule has 0 heterocycles. The third-order valence-corrected chi connectivity index (χ3v) is 3.42. The van der Waals surface area contributed by atoms with Crippen molar-refractivity contribution in [2.45, 2.75) is 39.8 Å². The van der Waals surface area contributed by atoms with Crippen molar-refractivity contribution >= 4 is 24.1 Å². The Balaban J connectivity index is 0.000000956. The van der Waals surface area contributed by atoms with Gasteiger partial charge in [-0.1, -0.05) is 30.3 Å². The number of hydrogen-bond acceptors (Lipinski definition) is 7. The van der Waals surface area contributed by atoms with E-state index in [1.54, 1.807) is 11.9 Å². The highest BCUT2D eigenvalue weighted by atomic mass is 16.5. The van der Waals surface area contributed by atoms with Gasteiger partial charge in [-0.15, -0.1) is 0 Å². The van der Waals surface area contributed by atoms with E-state index in [9.17, 15) is 19.2 Å². The molecule has 0 radical (unpaired) electrons. The monoisotopic (exact) mass is 408 g/mol. The Kier molecular flexibility index (Phi) is 12.2. The van der Waals surface area contributed by atoms with Crippen molar-refractivity contribution in [1.82, 2.24) is 9.80 Å². The standard InChI is InChI=1S/C16H22N2O4.C5H10O2/c1-13(19)9-17(2)11-15(20)18(12-16(21)22-3)10-14-7-5-4-6-8-14;1-5(2,3)7-4-6/h4-8H,9-12H2,1-3H3;4H,1-3H3. The highest BCUT2D eigenvalue weighted by Crippen LogP contribution is 2.06. The molecule has 1 rings (SSSR count). The van der Waals surface area contributed by atoms with Gasteiger partial charge in [0.25, 0.3) is 6.47 Å². The lowest BCUT2D eigenvalue weighted by Gasteiger charge is -2.24. The van der Waals surface area contributed by atoms with Gasteiger partial charge < -0.3 is 14.4 Å². The highest BCUT2D eigenvalue weighted by molar-refractivity contribution is 5.84. The molecule has 162 valence electrons. The number of carbonyl (C=O) groups excluding carboxylic acids is 4. The van der Waals surface area contributed by atoms with Crippen LogP contribution in [0.15, 0.2) is 30.3 Å². The summed E-state index contributed by atoms with van der Waals surface area (Å²) in [4.78, 5) is 47.6. The molecule has 0 bridgehead atoms. The van der Waals surface area contributed by atoms with Crippen LogP contribution in [0.5, 0.6) is 0 Å². The fraction of sp³-hybridized carbons (Fsp3) is 0.524. The number of hydrogen-bond donors (Lipinski definition) is 0. The summed E-state index contributed by atoms with van der Waals surface area (Å²) in [6, 6.07) is 9.40. The van der Waals surface area contributed by atoms with Crippen molar-refractivity contribution in [2.75, 3.05) is 33.8 Å². The first-order valence-electron chi connectivity index (χ1n) is 9.16. The summed E-state index contributed by atoms with van der Waals surface area (Å²) in [6.45, 7) is 7.87. The van der Waals surface area contributed by atoms with E-state index in [2.05, 4.69) is 9.47 Å². The topological polar surface area (TPSA) is 93.2 Å². The quantitative estimate of drug-likeness (QED) is 0.453. The molecule has 0 spiro atoms. The van der Waals surface area contributed by atoms with Crippen LogP contribution >= 0.6 is 0 Å². The SMILES string of the molecule is CC(C)(C)OC=O.COC(=O)CN(Cc1ccccc1)C(=O)CN(C)CC(C)=O. The highest BCUT2D eigenvalue weighted by Gasteiger charge is 2.19. The van der Waals surface area contributed by atoms with Crippen molar-refractivity contribution in [1.29, 1.82) is 0 Å². The number of nitrogens with zero attached hydrogens (tertiary/aromatic N) is 2. The van der Waals surface area contributed by atoms with E-state index in [1.165, 1.54) is 18.9 Å². The summed E-state index contributed by atoms with van der Waals surface area (Å²) < 4.78 is 9.19. The molecule has 0 saturated heterocycles. The van der Waals surface area contributed by atoms with E-state index in [-0.39, 0.29) is 36.9 Å². The summed E-state index contributed by atoms with van der Waals surface area (Å²) in [5, 5.41) is 0. The first-order valence-corrected chi connectivity index (χ1v) is 9.16. The molecular formula is C21H32N2O6. The van der Waals surface area contributed by atoms with Gasteiger partial charge in [-0.05, 0) is 40.3 Å². The normalized spacial score (nSPS) is 10.4. The van der Waals surface area contributed by atoms with Crippen LogP contribution in [0.3, 0.4) is 0 Å². The molecule has 0 unspecified atom stereocenters. The first kappa shape index (κ1) is 26.3. The third-order valence-electron chi connectivity index (χ3n) is 3.42. The van der Waals surface area contributed by atoms with E-state index >= 15 is 0 Å². The van der Waals surface area contributed by atoms with Crippen LogP contribution in [0.2, 0.25) is 0 Å².